The van der Waals surface area contributed by atoms with E-state index in [-0.39, 0.29) is 61.5 Å². The fourth-order valence-electron chi connectivity index (χ4n) is 7.45. The molecule has 22 heteroatoms. The molecule has 6 rings (SSSR count). The van der Waals surface area contributed by atoms with Gasteiger partial charge in [0.25, 0.3) is 5.91 Å². The summed E-state index contributed by atoms with van der Waals surface area (Å²) in [5, 5.41) is 29.8. The molecule has 1 saturated carbocycles. The molecular weight excluding hydrogens is 911 g/mol. The van der Waals surface area contributed by atoms with Crippen LogP contribution >= 0.6 is 0 Å². The Hall–Kier alpha value is -7.13. The number of hydrogen-bond acceptors (Lipinski definition) is 11. The smallest absolute Gasteiger partial charge is 0.475 e. The zero-order valence-corrected chi connectivity index (χ0v) is 39.1. The van der Waals surface area contributed by atoms with Gasteiger partial charge >= 0.3 is 24.3 Å². The van der Waals surface area contributed by atoms with Crippen molar-refractivity contribution in [1.29, 1.82) is 0 Å². The van der Waals surface area contributed by atoms with Gasteiger partial charge in [-0.3, -0.25) is 14.4 Å². The van der Waals surface area contributed by atoms with Crippen molar-refractivity contribution in [2.24, 2.45) is 11.8 Å². The molecule has 0 bridgehead atoms. The van der Waals surface area contributed by atoms with Crippen molar-refractivity contribution in [2.45, 2.75) is 97.1 Å². The number of hydrogen-bond donors (Lipinski definition) is 5. The molecule has 2 heterocycles. The number of nitrogens with zero attached hydrogens (tertiary/aromatic N) is 5. The molecular formula is C47H57F4N9O9. The second-order valence-corrected chi connectivity index (χ2v) is 18.6. The van der Waals surface area contributed by atoms with Gasteiger partial charge in [0.15, 0.2) is 0 Å². The van der Waals surface area contributed by atoms with Crippen molar-refractivity contribution >= 4 is 41.6 Å². The fourth-order valence-corrected chi connectivity index (χ4v) is 7.45. The molecule has 1 atom stereocenters. The van der Waals surface area contributed by atoms with Gasteiger partial charge in [-0.25, -0.2) is 18.8 Å². The van der Waals surface area contributed by atoms with Gasteiger partial charge in [-0.15, -0.1) is 10.2 Å². The Morgan fingerprint density at radius 1 is 0.797 bits per heavy atom. The number of aliphatic carboxylic acids is 1. The lowest BCUT2D eigenvalue weighted by Crippen LogP contribution is -2.51. The van der Waals surface area contributed by atoms with Crippen molar-refractivity contribution in [1.82, 2.24) is 41.1 Å². The Morgan fingerprint density at radius 2 is 1.38 bits per heavy atom. The van der Waals surface area contributed by atoms with Gasteiger partial charge < -0.3 is 40.3 Å². The first kappa shape index (κ1) is 52.8. The molecule has 5 amide bonds. The number of H-pyrrole nitrogens is 1. The molecule has 5 N–H and O–H groups in total. The number of anilines is 1. The number of halogens is 4. The van der Waals surface area contributed by atoms with Crippen LogP contribution in [0.2, 0.25) is 0 Å². The molecule has 1 saturated heterocycles. The molecule has 1 aliphatic carbocycles. The number of piperazine rings is 1. The van der Waals surface area contributed by atoms with Crippen molar-refractivity contribution in [2.75, 3.05) is 38.0 Å². The van der Waals surface area contributed by atoms with E-state index in [0.29, 0.717) is 47.6 Å². The lowest BCUT2D eigenvalue weighted by atomic mass is 9.81. The molecule has 0 spiro atoms. The molecule has 1 aliphatic heterocycles. The van der Waals surface area contributed by atoms with Gasteiger partial charge in [0.05, 0.1) is 5.56 Å². The van der Waals surface area contributed by atoms with Crippen LogP contribution in [0.1, 0.15) is 83.1 Å². The van der Waals surface area contributed by atoms with Gasteiger partial charge in [0.2, 0.25) is 17.6 Å². The van der Waals surface area contributed by atoms with Gasteiger partial charge in [0, 0.05) is 61.9 Å². The second kappa shape index (κ2) is 22.8. The second-order valence-electron chi connectivity index (χ2n) is 18.6. The van der Waals surface area contributed by atoms with E-state index in [1.54, 1.807) is 107 Å². The first-order chi connectivity index (χ1) is 32.4. The third kappa shape index (κ3) is 16.0. The Bertz CT molecular complexity index is 2410. The average molecular weight is 968 g/mol. The van der Waals surface area contributed by atoms with E-state index < -0.39 is 59.2 Å². The highest BCUT2D eigenvalue weighted by Gasteiger charge is 2.38. The SMILES string of the molecule is CC(C)(C)OC(=O)NCC1CCC(C(=O)N[C@@H](Cc2ccc(-c3cccc(C(=O)N4CCN(C(=O)OC(C)(C)C)CC4)c3F)cc2)C(=O)Nc2ccc(-c3nn[nH]n3)cc2)CC1.O=C(O)C(F)(F)F. The Morgan fingerprint density at radius 3 is 1.93 bits per heavy atom. The van der Waals surface area contributed by atoms with Crippen LogP contribution in [0.15, 0.2) is 66.7 Å². The highest BCUT2D eigenvalue weighted by Crippen LogP contribution is 2.30. The van der Waals surface area contributed by atoms with E-state index in [1.165, 1.54) is 11.0 Å². The number of amides is 5. The number of benzene rings is 3. The zero-order valence-electron chi connectivity index (χ0n) is 39.1. The zero-order chi connectivity index (χ0) is 50.7. The normalized spacial score (nSPS) is 16.8. The number of aromatic nitrogens is 4. The third-order valence-corrected chi connectivity index (χ3v) is 10.9. The summed E-state index contributed by atoms with van der Waals surface area (Å²) < 4.78 is 58.6. The number of carbonyl (C=O) groups excluding carboxylic acids is 5. The summed E-state index contributed by atoms with van der Waals surface area (Å²) >= 11 is 0. The maximum atomic E-state index is 16.1. The van der Waals surface area contributed by atoms with Crippen LogP contribution < -0.4 is 16.0 Å². The van der Waals surface area contributed by atoms with Crippen LogP contribution in [0.4, 0.5) is 32.8 Å². The number of nitrogens with one attached hydrogen (secondary N) is 4. The first-order valence-electron chi connectivity index (χ1n) is 22.2. The fraction of sp³-hybridized carbons (Fsp3) is 0.468. The average Bonchev–Trinajstić information content (AvgIpc) is 3.83. The molecule has 69 heavy (non-hydrogen) atoms. The van der Waals surface area contributed by atoms with Gasteiger partial charge in [-0.05, 0) is 120 Å². The number of alkyl carbamates (subject to hydrolysis) is 1. The van der Waals surface area contributed by atoms with E-state index in [9.17, 15) is 37.1 Å². The summed E-state index contributed by atoms with van der Waals surface area (Å²) in [6.45, 7) is 12.3. The maximum Gasteiger partial charge on any atom is 0.490 e. The van der Waals surface area contributed by atoms with Crippen LogP contribution in [0, 0.1) is 17.7 Å². The molecule has 0 radical (unpaired) electrons. The summed E-state index contributed by atoms with van der Waals surface area (Å²) in [5.41, 5.74) is 1.37. The first-order valence-corrected chi connectivity index (χ1v) is 22.2. The van der Waals surface area contributed by atoms with E-state index >= 15 is 4.39 Å². The molecule has 2 fully saturated rings. The maximum absolute atomic E-state index is 16.1. The van der Waals surface area contributed by atoms with Crippen molar-refractivity contribution in [3.8, 4) is 22.5 Å². The predicted octanol–water partition coefficient (Wildman–Crippen LogP) is 7.00. The van der Waals surface area contributed by atoms with E-state index in [1.807, 2.05) is 0 Å². The van der Waals surface area contributed by atoms with Crippen LogP contribution in [0.5, 0.6) is 0 Å². The number of carboxylic acids is 1. The van der Waals surface area contributed by atoms with E-state index in [0.717, 1.165) is 12.8 Å². The van der Waals surface area contributed by atoms with Crippen LogP contribution in [-0.4, -0.2) is 128 Å². The minimum atomic E-state index is -5.08. The number of carboxylic acid groups (broad SMARTS) is 1. The van der Waals surface area contributed by atoms with Gasteiger partial charge in [-0.1, -0.05) is 36.4 Å². The molecule has 18 nitrogen and oxygen atoms in total. The lowest BCUT2D eigenvalue weighted by Gasteiger charge is -2.35. The van der Waals surface area contributed by atoms with Gasteiger partial charge in [0.1, 0.15) is 23.1 Å². The number of carbonyl (C=O) groups is 6. The number of aromatic amines is 1. The molecule has 372 valence electrons. The Labute approximate surface area is 395 Å². The quantitative estimate of drug-likeness (QED) is 0.0956. The van der Waals surface area contributed by atoms with Crippen molar-refractivity contribution < 1.29 is 60.9 Å². The van der Waals surface area contributed by atoms with Crippen LogP contribution in [0.3, 0.4) is 0 Å². The monoisotopic (exact) mass is 967 g/mol. The standard InChI is InChI=1S/C45H56FN9O7.C2HF3O2/c1-44(2,3)61-42(59)47-27-29-12-16-32(17-13-29)39(56)49-36(40(57)48-33-20-18-31(19-21-33)38-50-52-53-51-38)26-28-10-14-30(15-11-28)34-8-7-9-35(37(34)46)41(58)54-22-24-55(25-23-54)43(60)62-45(4,5)6;3-2(4,5)1(6)7/h7-11,14-15,18-21,29,32,36H,12-13,16-17,22-27H2,1-6H3,(H,47,59)(H,48,57)(H,49,56)(H,50,51,52,53);(H,6,7)/t29?,32?,36-;/m0./s1. The third-order valence-electron chi connectivity index (χ3n) is 10.9. The summed E-state index contributed by atoms with van der Waals surface area (Å²) in [5.74, 6) is -4.25. The number of ether oxygens (including phenoxy) is 2. The number of alkyl halides is 3. The molecule has 1 aromatic heterocycles. The molecule has 0 unspecified atom stereocenters. The van der Waals surface area contributed by atoms with Crippen LogP contribution in [0.25, 0.3) is 22.5 Å². The predicted molar refractivity (Wildman–Crippen MR) is 243 cm³/mol. The van der Waals surface area contributed by atoms with Crippen molar-refractivity contribution in [3.63, 3.8) is 0 Å². The largest absolute Gasteiger partial charge is 0.490 e. The van der Waals surface area contributed by atoms with Gasteiger partial charge in [-0.2, -0.15) is 18.4 Å². The Balaban J connectivity index is 0.00000118. The molecule has 3 aromatic carbocycles. The van der Waals surface area contributed by atoms with E-state index in [2.05, 4.69) is 36.6 Å². The van der Waals surface area contributed by atoms with Crippen LogP contribution in [-0.2, 0) is 30.3 Å². The number of rotatable bonds is 11. The van der Waals surface area contributed by atoms with Crippen molar-refractivity contribution in [3.05, 3.63) is 83.7 Å². The summed E-state index contributed by atoms with van der Waals surface area (Å²) in [4.78, 5) is 77.8. The highest BCUT2D eigenvalue weighted by atomic mass is 19.4. The molecule has 2 aliphatic rings. The minimum absolute atomic E-state index is 0.0737. The minimum Gasteiger partial charge on any atom is -0.475 e. The van der Waals surface area contributed by atoms with E-state index in [4.69, 9.17) is 19.4 Å². The summed E-state index contributed by atoms with van der Waals surface area (Å²) in [7, 11) is 0. The lowest BCUT2D eigenvalue weighted by molar-refractivity contribution is -0.192. The Kier molecular flexibility index (Phi) is 17.4. The highest BCUT2D eigenvalue weighted by molar-refractivity contribution is 5.98. The topological polar surface area (TPSA) is 238 Å². The molecule has 4 aromatic rings. The summed E-state index contributed by atoms with van der Waals surface area (Å²) in [6, 6.07) is 17.6. The number of tetrazole rings is 1. The summed E-state index contributed by atoms with van der Waals surface area (Å²) in [6.07, 6.45) is -3.20.